The van der Waals surface area contributed by atoms with Gasteiger partial charge in [0.15, 0.2) is 0 Å². The Hall–Kier alpha value is -3.33. The van der Waals surface area contributed by atoms with E-state index < -0.39 is 17.7 Å². The van der Waals surface area contributed by atoms with E-state index >= 15 is 0 Å². The molecule has 8 nitrogen and oxygen atoms in total. The van der Waals surface area contributed by atoms with Gasteiger partial charge in [0.1, 0.15) is 17.5 Å². The maximum absolute atomic E-state index is 14.7. The highest BCUT2D eigenvalue weighted by molar-refractivity contribution is 6.30. The van der Waals surface area contributed by atoms with Crippen LogP contribution in [0.1, 0.15) is 59.1 Å². The second kappa shape index (κ2) is 10.9. The lowest BCUT2D eigenvalue weighted by Gasteiger charge is -2.42. The molecule has 5 rings (SSSR count). The lowest BCUT2D eigenvalue weighted by molar-refractivity contribution is -0.138. The Morgan fingerprint density at radius 2 is 1.88 bits per heavy atom. The van der Waals surface area contributed by atoms with E-state index in [0.717, 1.165) is 23.1 Å². The molecular weight excluding hydrogens is 533 g/mol. The maximum Gasteiger partial charge on any atom is 0.410 e. The van der Waals surface area contributed by atoms with Crippen molar-refractivity contribution in [3.05, 3.63) is 59.1 Å². The van der Waals surface area contributed by atoms with E-state index in [9.17, 15) is 14.0 Å². The summed E-state index contributed by atoms with van der Waals surface area (Å²) in [6.45, 7) is 11.9. The van der Waals surface area contributed by atoms with E-state index in [2.05, 4.69) is 16.0 Å². The summed E-state index contributed by atoms with van der Waals surface area (Å²) in [4.78, 5) is 36.6. The molecule has 0 bridgehead atoms. The van der Waals surface area contributed by atoms with Crippen molar-refractivity contribution >= 4 is 40.3 Å². The lowest BCUT2D eigenvalue weighted by atomic mass is 10.1. The number of imidazole rings is 1. The smallest absolute Gasteiger partial charge is 0.410 e. The minimum absolute atomic E-state index is 0.0112. The van der Waals surface area contributed by atoms with Crippen LogP contribution < -0.4 is 4.90 Å². The summed E-state index contributed by atoms with van der Waals surface area (Å²) in [5, 5.41) is 0.364. The first-order chi connectivity index (χ1) is 18.9. The number of halogens is 2. The molecule has 0 N–H and O–H groups in total. The normalized spacial score (nSPS) is 20.7. The number of rotatable bonds is 4. The van der Waals surface area contributed by atoms with Gasteiger partial charge in [-0.3, -0.25) is 9.69 Å². The summed E-state index contributed by atoms with van der Waals surface area (Å²) in [6.07, 6.45) is 2.76. The number of carbonyl (C=O) groups is 2. The predicted molar refractivity (Wildman–Crippen MR) is 154 cm³/mol. The van der Waals surface area contributed by atoms with E-state index in [1.807, 2.05) is 56.2 Å². The monoisotopic (exact) mass is 569 g/mol. The number of benzene rings is 2. The zero-order valence-corrected chi connectivity index (χ0v) is 24.5. The topological polar surface area (TPSA) is 70.9 Å². The van der Waals surface area contributed by atoms with Crippen LogP contribution in [0.15, 0.2) is 42.7 Å². The van der Waals surface area contributed by atoms with Crippen LogP contribution in [0, 0.1) is 5.82 Å². The highest BCUT2D eigenvalue weighted by atomic mass is 35.5. The molecule has 10 heteroatoms. The van der Waals surface area contributed by atoms with E-state index in [4.69, 9.17) is 16.3 Å². The fourth-order valence-electron chi connectivity index (χ4n) is 5.78. The van der Waals surface area contributed by atoms with Crippen LogP contribution in [0.4, 0.5) is 14.9 Å². The quantitative estimate of drug-likeness (QED) is 0.393. The zero-order chi connectivity index (χ0) is 28.8. The number of piperazine rings is 1. The number of ether oxygens (including phenoxy) is 1. The highest BCUT2D eigenvalue weighted by Crippen LogP contribution is 2.31. The Kier molecular flexibility index (Phi) is 7.70. The van der Waals surface area contributed by atoms with Crippen LogP contribution >= 0.6 is 11.6 Å². The van der Waals surface area contributed by atoms with Gasteiger partial charge in [0.25, 0.3) is 0 Å². The summed E-state index contributed by atoms with van der Waals surface area (Å²) >= 11 is 5.96. The van der Waals surface area contributed by atoms with Crippen molar-refractivity contribution in [2.75, 3.05) is 31.1 Å². The van der Waals surface area contributed by atoms with Crippen LogP contribution in [-0.4, -0.2) is 75.2 Å². The number of hydrogen-bond acceptors (Lipinski definition) is 5. The standard InChI is InChI=1S/C30H37ClFN5O3/c1-19-17-34(13-14-35(19)28(38)26-7-6-12-36(26)29(39)40-30(3,4)5)22-9-11-25-27(16-22)37(18-33-25)20(2)23-10-8-21(31)15-24(23)32/h8-11,15-16,18-20,26H,6-7,12-14,17H2,1-5H3/t19?,20-,26?/m1/s1. The number of anilines is 1. The average molecular weight is 570 g/mol. The number of carbonyl (C=O) groups excluding carboxylic acids is 2. The van der Waals surface area contributed by atoms with Crippen LogP contribution in [-0.2, 0) is 9.53 Å². The molecular formula is C30H37ClFN5O3. The van der Waals surface area contributed by atoms with Crippen molar-refractivity contribution in [3.8, 4) is 0 Å². The molecule has 0 radical (unpaired) electrons. The largest absolute Gasteiger partial charge is 0.444 e. The predicted octanol–water partition coefficient (Wildman–Crippen LogP) is 5.87. The number of fused-ring (bicyclic) bond motifs is 1. The Morgan fingerprint density at radius 3 is 2.58 bits per heavy atom. The van der Waals surface area contributed by atoms with Crippen molar-refractivity contribution in [2.24, 2.45) is 0 Å². The Morgan fingerprint density at radius 1 is 1.10 bits per heavy atom. The molecule has 3 aromatic rings. The van der Waals surface area contributed by atoms with Crippen molar-refractivity contribution in [1.29, 1.82) is 0 Å². The van der Waals surface area contributed by atoms with Gasteiger partial charge in [0.05, 0.1) is 23.4 Å². The van der Waals surface area contributed by atoms with Crippen LogP contribution in [0.2, 0.25) is 5.02 Å². The minimum atomic E-state index is -0.608. The Balaban J connectivity index is 1.30. The van der Waals surface area contributed by atoms with Crippen LogP contribution in [0.5, 0.6) is 0 Å². The van der Waals surface area contributed by atoms with Gasteiger partial charge in [0, 0.05) is 48.5 Å². The number of nitrogens with zero attached hydrogens (tertiary/aromatic N) is 5. The first kappa shape index (κ1) is 28.2. The Labute approximate surface area is 239 Å². The third kappa shape index (κ3) is 5.61. The molecule has 0 aliphatic carbocycles. The van der Waals surface area contributed by atoms with Gasteiger partial charge < -0.3 is 19.1 Å². The third-order valence-corrected chi connectivity index (χ3v) is 8.06. The summed E-state index contributed by atoms with van der Waals surface area (Å²) in [5.74, 6) is -0.358. The van der Waals surface area contributed by atoms with Gasteiger partial charge >= 0.3 is 6.09 Å². The first-order valence-corrected chi connectivity index (χ1v) is 14.3. The van der Waals surface area contributed by atoms with Gasteiger partial charge in [-0.05, 0) is 77.8 Å². The summed E-state index contributed by atoms with van der Waals surface area (Å²) in [6, 6.07) is 10.0. The molecule has 2 amide bonds. The fourth-order valence-corrected chi connectivity index (χ4v) is 5.94. The maximum atomic E-state index is 14.7. The molecule has 40 heavy (non-hydrogen) atoms. The fraction of sp³-hybridized carbons (Fsp3) is 0.500. The van der Waals surface area contributed by atoms with E-state index in [1.54, 1.807) is 23.4 Å². The molecule has 1 aromatic heterocycles. The highest BCUT2D eigenvalue weighted by Gasteiger charge is 2.40. The van der Waals surface area contributed by atoms with Crippen molar-refractivity contribution in [1.82, 2.24) is 19.4 Å². The van der Waals surface area contributed by atoms with E-state index in [-0.39, 0.29) is 23.8 Å². The summed E-state index contributed by atoms with van der Waals surface area (Å²) in [5.41, 5.74) is 2.69. The molecule has 2 unspecified atom stereocenters. The molecule has 2 aliphatic heterocycles. The second-order valence-electron chi connectivity index (χ2n) is 11.8. The van der Waals surface area contributed by atoms with Crippen LogP contribution in [0.3, 0.4) is 0 Å². The van der Waals surface area contributed by atoms with Crippen LogP contribution in [0.25, 0.3) is 11.0 Å². The van der Waals surface area contributed by atoms with Gasteiger partial charge in [0.2, 0.25) is 5.91 Å². The first-order valence-electron chi connectivity index (χ1n) is 13.9. The molecule has 2 saturated heterocycles. The molecule has 2 aliphatic rings. The molecule has 0 saturated carbocycles. The van der Waals surface area contributed by atoms with Gasteiger partial charge in [-0.15, -0.1) is 0 Å². The molecule has 0 spiro atoms. The molecule has 2 fully saturated rings. The van der Waals surface area contributed by atoms with Gasteiger partial charge in [-0.25, -0.2) is 14.2 Å². The van der Waals surface area contributed by atoms with Crippen molar-refractivity contribution in [2.45, 2.75) is 71.2 Å². The van der Waals surface area contributed by atoms with Crippen molar-refractivity contribution in [3.63, 3.8) is 0 Å². The summed E-state index contributed by atoms with van der Waals surface area (Å²) < 4.78 is 22.2. The minimum Gasteiger partial charge on any atom is -0.444 e. The second-order valence-corrected chi connectivity index (χ2v) is 12.3. The average Bonchev–Trinajstić information content (AvgIpc) is 3.54. The molecule has 3 heterocycles. The van der Waals surface area contributed by atoms with Crippen molar-refractivity contribution < 1.29 is 18.7 Å². The lowest BCUT2D eigenvalue weighted by Crippen LogP contribution is -2.58. The summed E-state index contributed by atoms with van der Waals surface area (Å²) in [7, 11) is 0. The molecule has 214 valence electrons. The molecule has 3 atom stereocenters. The molecule has 2 aromatic carbocycles. The van der Waals surface area contributed by atoms with E-state index in [1.165, 1.54) is 6.07 Å². The van der Waals surface area contributed by atoms with E-state index in [0.29, 0.717) is 43.2 Å². The number of amides is 2. The zero-order valence-electron chi connectivity index (χ0n) is 23.7. The van der Waals surface area contributed by atoms with Gasteiger partial charge in [-0.2, -0.15) is 0 Å². The number of hydrogen-bond donors (Lipinski definition) is 0. The number of aromatic nitrogens is 2. The van der Waals surface area contributed by atoms with Gasteiger partial charge in [-0.1, -0.05) is 17.7 Å². The number of likely N-dealkylation sites (tertiary alicyclic amines) is 1. The Bertz CT molecular complexity index is 1420. The third-order valence-electron chi connectivity index (χ3n) is 7.83. The SMILES string of the molecule is CC1CN(c2ccc3ncn([C@H](C)c4ccc(Cl)cc4F)c3c2)CCN1C(=O)C1CCCN1C(=O)OC(C)(C)C.